The van der Waals surface area contributed by atoms with Gasteiger partial charge in [-0.3, -0.25) is 14.9 Å². The van der Waals surface area contributed by atoms with Crippen LogP contribution in [0.5, 0.6) is 0 Å². The third-order valence-electron chi connectivity index (χ3n) is 7.73. The quantitative estimate of drug-likeness (QED) is 0.639. The third kappa shape index (κ3) is 4.15. The number of nitrogens with one attached hydrogen (secondary N) is 2. The molecule has 1 aromatic carbocycles. The Kier molecular flexibility index (Phi) is 5.69. The Morgan fingerprint density at radius 3 is 2.70 bits per heavy atom. The molecule has 2 aliphatic carbocycles. The minimum Gasteiger partial charge on any atom is -0.449 e. The molecule has 2 N–H and O–H groups in total. The number of halogens is 1. The summed E-state index contributed by atoms with van der Waals surface area (Å²) in [5.74, 6) is -0.734. The predicted molar refractivity (Wildman–Crippen MR) is 121 cm³/mol. The molecule has 1 aromatic rings. The average Bonchev–Trinajstić information content (AvgIpc) is 2.68. The molecule has 8 nitrogen and oxygen atoms in total. The van der Waals surface area contributed by atoms with E-state index in [9.17, 15) is 19.6 Å². The van der Waals surface area contributed by atoms with Crippen molar-refractivity contribution in [3.05, 3.63) is 28.3 Å². The van der Waals surface area contributed by atoms with Crippen molar-refractivity contribution in [1.29, 1.82) is 5.26 Å². The minimum atomic E-state index is -0.549. The summed E-state index contributed by atoms with van der Waals surface area (Å²) in [6, 6.07) is 5.62. The molecule has 0 aromatic heterocycles. The maximum Gasteiger partial charge on any atom is 0.407 e. The molecule has 9 heteroatoms. The maximum atomic E-state index is 12.2. The van der Waals surface area contributed by atoms with Crippen LogP contribution >= 0.6 is 11.6 Å². The Labute approximate surface area is 197 Å². The molecule has 4 aliphatic rings. The number of piperidine rings is 1. The Morgan fingerprint density at radius 1 is 1.30 bits per heavy atom. The number of imide groups is 1. The van der Waals surface area contributed by atoms with Gasteiger partial charge >= 0.3 is 6.09 Å². The molecule has 2 saturated carbocycles. The van der Waals surface area contributed by atoms with E-state index < -0.39 is 5.92 Å². The van der Waals surface area contributed by atoms with Gasteiger partial charge in [0.15, 0.2) is 0 Å². The van der Waals surface area contributed by atoms with E-state index in [1.165, 1.54) is 32.1 Å². The van der Waals surface area contributed by atoms with E-state index in [2.05, 4.69) is 16.7 Å². The molecule has 1 spiro atoms. The molecular formula is C24H27ClN4O4. The number of alkyl carbamates (subject to hydrolysis) is 1. The number of nitriles is 1. The number of carbonyl (C=O) groups is 3. The maximum absolute atomic E-state index is 12.2. The topological polar surface area (TPSA) is 112 Å². The fraction of sp³-hybridized carbons (Fsp3) is 0.583. The normalized spacial score (nSPS) is 24.2. The van der Waals surface area contributed by atoms with Gasteiger partial charge in [-0.05, 0) is 55.1 Å². The minimum absolute atomic E-state index is 0.0583. The Hall–Kier alpha value is -2.79. The summed E-state index contributed by atoms with van der Waals surface area (Å²) in [7, 11) is 0. The van der Waals surface area contributed by atoms with Crippen LogP contribution < -0.4 is 15.5 Å². The van der Waals surface area contributed by atoms with Gasteiger partial charge in [-0.15, -0.1) is 0 Å². The van der Waals surface area contributed by atoms with Crippen LogP contribution in [0.1, 0.15) is 62.0 Å². The van der Waals surface area contributed by atoms with E-state index >= 15 is 0 Å². The standard InChI is InChI=1S/C24H27ClN4O4/c25-21-16(17-3-5-20(30)28-22(17)31)2-4-19(18(21)10-26)29-11-15(12-29)27-23(32)33-13-14-8-24(9-14)6-1-7-24/h2,4,14-15,17H,1,3,5-9,11-13H2,(H,27,32)(H,28,30,31). The Bertz CT molecular complexity index is 1030. The average molecular weight is 471 g/mol. The number of hydrogen-bond donors (Lipinski definition) is 2. The molecule has 33 heavy (non-hydrogen) atoms. The molecular weight excluding hydrogens is 444 g/mol. The number of carbonyl (C=O) groups excluding carboxylic acids is 3. The smallest absolute Gasteiger partial charge is 0.407 e. The first-order valence-electron chi connectivity index (χ1n) is 11.6. The zero-order valence-corrected chi connectivity index (χ0v) is 19.1. The lowest BCUT2D eigenvalue weighted by molar-refractivity contribution is -0.134. The fourth-order valence-electron chi connectivity index (χ4n) is 5.75. The van der Waals surface area contributed by atoms with E-state index in [-0.39, 0.29) is 35.4 Å². The summed E-state index contributed by atoms with van der Waals surface area (Å²) >= 11 is 6.52. The number of ether oxygens (including phenoxy) is 1. The van der Waals surface area contributed by atoms with Crippen LogP contribution in [-0.2, 0) is 14.3 Å². The molecule has 2 saturated heterocycles. The van der Waals surface area contributed by atoms with Crippen LogP contribution in [0.3, 0.4) is 0 Å². The van der Waals surface area contributed by atoms with Gasteiger partial charge in [0.25, 0.3) is 0 Å². The van der Waals surface area contributed by atoms with Gasteiger partial charge in [-0.1, -0.05) is 24.1 Å². The highest BCUT2D eigenvalue weighted by Gasteiger charge is 2.48. The monoisotopic (exact) mass is 470 g/mol. The molecule has 3 amide bonds. The second-order valence-electron chi connectivity index (χ2n) is 9.95. The molecule has 4 fully saturated rings. The second kappa shape index (κ2) is 8.53. The molecule has 2 aliphatic heterocycles. The van der Waals surface area contributed by atoms with Gasteiger partial charge in [0, 0.05) is 19.5 Å². The summed E-state index contributed by atoms with van der Waals surface area (Å²) in [6.07, 6.45) is 6.59. The highest BCUT2D eigenvalue weighted by molar-refractivity contribution is 6.33. The van der Waals surface area contributed by atoms with E-state index in [4.69, 9.17) is 16.3 Å². The highest BCUT2D eigenvalue weighted by atomic mass is 35.5. The van der Waals surface area contributed by atoms with E-state index in [0.717, 1.165) is 0 Å². The molecule has 0 radical (unpaired) electrons. The van der Waals surface area contributed by atoms with Crippen molar-refractivity contribution >= 4 is 35.2 Å². The lowest BCUT2D eigenvalue weighted by Crippen LogP contribution is -2.60. The first-order valence-corrected chi connectivity index (χ1v) is 12.0. The Morgan fingerprint density at radius 2 is 2.06 bits per heavy atom. The van der Waals surface area contributed by atoms with Crippen molar-refractivity contribution in [1.82, 2.24) is 10.6 Å². The number of anilines is 1. The molecule has 174 valence electrons. The van der Waals surface area contributed by atoms with Gasteiger partial charge in [-0.25, -0.2) is 4.79 Å². The van der Waals surface area contributed by atoms with Crippen LogP contribution in [0, 0.1) is 22.7 Å². The van der Waals surface area contributed by atoms with E-state index in [0.29, 0.717) is 54.3 Å². The van der Waals surface area contributed by atoms with E-state index in [1.807, 2.05) is 4.90 Å². The van der Waals surface area contributed by atoms with Crippen molar-refractivity contribution < 1.29 is 19.1 Å². The van der Waals surface area contributed by atoms with Crippen molar-refractivity contribution in [2.24, 2.45) is 11.3 Å². The summed E-state index contributed by atoms with van der Waals surface area (Å²) in [5, 5.41) is 15.2. The van der Waals surface area contributed by atoms with Gasteiger partial charge < -0.3 is 15.0 Å². The first-order chi connectivity index (χ1) is 15.9. The van der Waals surface area contributed by atoms with Gasteiger partial charge in [0.1, 0.15) is 6.07 Å². The fourth-order valence-corrected chi connectivity index (χ4v) is 6.08. The molecule has 1 unspecified atom stereocenters. The number of nitrogens with zero attached hydrogens (tertiary/aromatic N) is 2. The molecule has 0 bridgehead atoms. The summed E-state index contributed by atoms with van der Waals surface area (Å²) in [5.41, 5.74) is 2.10. The number of benzene rings is 1. The Balaban J connectivity index is 1.14. The zero-order valence-electron chi connectivity index (χ0n) is 18.4. The highest BCUT2D eigenvalue weighted by Crippen LogP contribution is 2.58. The summed E-state index contributed by atoms with van der Waals surface area (Å²) in [6.45, 7) is 1.58. The lowest BCUT2D eigenvalue weighted by atomic mass is 9.52. The van der Waals surface area contributed by atoms with Crippen molar-refractivity contribution in [3.8, 4) is 6.07 Å². The zero-order chi connectivity index (χ0) is 23.2. The SMILES string of the molecule is N#Cc1c(N2CC(NC(=O)OCC3CC4(CCC4)C3)C2)ccc(C2CCC(=O)NC2=O)c1Cl. The van der Waals surface area contributed by atoms with Crippen LogP contribution in [0.25, 0.3) is 0 Å². The largest absolute Gasteiger partial charge is 0.449 e. The lowest BCUT2D eigenvalue weighted by Gasteiger charge is -2.54. The number of rotatable bonds is 5. The van der Waals surface area contributed by atoms with Crippen molar-refractivity contribution in [2.75, 3.05) is 24.6 Å². The first kappa shape index (κ1) is 22.0. The molecule has 2 heterocycles. The number of hydrogen-bond acceptors (Lipinski definition) is 6. The second-order valence-corrected chi connectivity index (χ2v) is 10.3. The third-order valence-corrected chi connectivity index (χ3v) is 8.14. The van der Waals surface area contributed by atoms with Gasteiger partial charge in [-0.2, -0.15) is 5.26 Å². The van der Waals surface area contributed by atoms with Crippen LogP contribution in [-0.4, -0.2) is 43.6 Å². The predicted octanol–water partition coefficient (Wildman–Crippen LogP) is 3.23. The number of amides is 3. The summed E-state index contributed by atoms with van der Waals surface area (Å²) < 4.78 is 5.42. The molecule has 5 rings (SSSR count). The van der Waals surface area contributed by atoms with Crippen molar-refractivity contribution in [2.45, 2.75) is 56.9 Å². The van der Waals surface area contributed by atoms with E-state index in [1.54, 1.807) is 12.1 Å². The van der Waals surface area contributed by atoms with Crippen LogP contribution in [0.15, 0.2) is 12.1 Å². The van der Waals surface area contributed by atoms with Crippen molar-refractivity contribution in [3.63, 3.8) is 0 Å². The van der Waals surface area contributed by atoms with Crippen LogP contribution in [0.4, 0.5) is 10.5 Å². The van der Waals surface area contributed by atoms with Gasteiger partial charge in [0.2, 0.25) is 11.8 Å². The van der Waals surface area contributed by atoms with Crippen LogP contribution in [0.2, 0.25) is 5.02 Å². The summed E-state index contributed by atoms with van der Waals surface area (Å²) in [4.78, 5) is 37.8. The van der Waals surface area contributed by atoms with Gasteiger partial charge in [0.05, 0.1) is 34.8 Å². The molecule has 1 atom stereocenters.